The number of carbonyl (C=O) groups is 9. The van der Waals surface area contributed by atoms with Crippen LogP contribution in [0, 0.1) is 20.8 Å². The SMILES string of the molecule is CC.CC.CC.CC.CC.CC.CC.CC.CC(=O)O.CCOC(=O)C(Cl)Cl.CCOC(=O)c1nc(N2CCc3cccc(C(=O)NC)c3C2)sc1C.CNC(=O)c1cccc2c1CN(C(N)=S)CC2.CNC(=O)c1cccc2c1CN(c1nc(C(=O)NS(C)(=O)=O)c(C)s1)CC2.CNC(=O)c1cccc2c1CN(c1nc(C(=O)O)c(C)s1)CC2.CS(N)(=O)=O. The molecule has 31 nitrogen and oxygen atoms in total. The second kappa shape index (κ2) is 66.0. The smallest absolute Gasteiger partial charge is 0.358 e. The molecule has 0 spiro atoms. The van der Waals surface area contributed by atoms with E-state index in [4.69, 9.17) is 60.9 Å². The number of carboxylic acid groups (broad SMARTS) is 2. The van der Waals surface area contributed by atoms with Crippen molar-refractivity contribution in [2.45, 2.75) is 209 Å². The number of anilines is 3. The highest BCUT2D eigenvalue weighted by Gasteiger charge is 2.30. The van der Waals surface area contributed by atoms with Crippen LogP contribution in [-0.2, 0) is 91.0 Å². The third-order valence-corrected chi connectivity index (χ3v) is 20.4. The zero-order valence-electron chi connectivity index (χ0n) is 77.9. The number of aliphatic carboxylic acids is 1. The number of aromatic carboxylic acids is 1. The topological polar surface area (TPSA) is 445 Å². The first-order chi connectivity index (χ1) is 59.3. The van der Waals surface area contributed by atoms with Gasteiger partial charge >= 0.3 is 17.9 Å². The first-order valence-corrected chi connectivity index (χ1v) is 48.9. The largest absolute Gasteiger partial charge is 0.481 e. The molecular weight excluding hydrogens is 1760 g/mol. The highest BCUT2D eigenvalue weighted by molar-refractivity contribution is 7.89. The van der Waals surface area contributed by atoms with Gasteiger partial charge in [-0.05, 0) is 141 Å². The van der Waals surface area contributed by atoms with Crippen molar-refractivity contribution < 1.29 is 79.7 Å². The number of thiazole rings is 3. The third-order valence-electron chi connectivity index (χ3n) is 16.1. The number of hydrogen-bond acceptors (Lipinski definition) is 25. The Balaban J connectivity index is -0.000000702. The van der Waals surface area contributed by atoms with E-state index in [0.29, 0.717) is 99.0 Å². The lowest BCUT2D eigenvalue weighted by molar-refractivity contribution is -0.141. The molecule has 0 fully saturated rings. The van der Waals surface area contributed by atoms with Crippen molar-refractivity contribution in [1.29, 1.82) is 0 Å². The Labute approximate surface area is 769 Å². The molecule has 4 aliphatic rings. The van der Waals surface area contributed by atoms with Gasteiger partial charge in [-0.2, -0.15) is 0 Å². The summed E-state index contributed by atoms with van der Waals surface area (Å²) in [4.78, 5) is 125. The molecule has 11 N–H and O–H groups in total. The maximum atomic E-state index is 12.2. The number of primary sulfonamides is 1. The maximum absolute atomic E-state index is 12.2. The molecule has 7 aromatic rings. The Hall–Kier alpha value is -9.47. The summed E-state index contributed by atoms with van der Waals surface area (Å²) in [6.07, 6.45) is 5.14. The monoisotopic (exact) mass is 1900 g/mol. The molecule has 0 atom stereocenters. The van der Waals surface area contributed by atoms with Crippen LogP contribution in [0.3, 0.4) is 0 Å². The number of aryl methyl sites for hydroxylation is 3. The van der Waals surface area contributed by atoms with E-state index in [9.17, 15) is 55.2 Å². The Morgan fingerprint density at radius 1 is 0.472 bits per heavy atom. The van der Waals surface area contributed by atoms with Gasteiger partial charge in [0.25, 0.3) is 35.5 Å². The number of aromatic nitrogens is 3. The minimum atomic E-state index is -3.65. The first kappa shape index (κ1) is 122. The first-order valence-electron chi connectivity index (χ1n) is 41.4. The fourth-order valence-electron chi connectivity index (χ4n) is 11.2. The Morgan fingerprint density at radius 2 is 0.736 bits per heavy atom. The number of carbonyl (C=O) groups excluding carboxylic acids is 7. The summed E-state index contributed by atoms with van der Waals surface area (Å²) in [5.74, 6) is -3.94. The Bertz CT molecular complexity index is 4720. The van der Waals surface area contributed by atoms with Gasteiger partial charge in [-0.1, -0.05) is 183 Å². The molecule has 3 aromatic heterocycles. The van der Waals surface area contributed by atoms with Gasteiger partial charge in [0.1, 0.15) is 5.69 Å². The van der Waals surface area contributed by atoms with Gasteiger partial charge in [-0.3, -0.25) is 28.8 Å². The molecule has 4 aliphatic heterocycles. The number of ether oxygens (including phenoxy) is 2. The molecule has 5 amide bonds. The highest BCUT2D eigenvalue weighted by Crippen LogP contribution is 2.35. The minimum absolute atomic E-state index is 0.0633. The number of carboxylic acids is 2. The van der Waals surface area contributed by atoms with Gasteiger partial charge < -0.3 is 66.3 Å². The molecule has 4 aromatic carbocycles. The average molecular weight is 1900 g/mol. The Morgan fingerprint density at radius 3 is 0.984 bits per heavy atom. The van der Waals surface area contributed by atoms with Gasteiger partial charge in [-0.15, -0.1) is 34.0 Å². The third kappa shape index (κ3) is 42.1. The van der Waals surface area contributed by atoms with E-state index in [0.717, 1.165) is 108 Å². The predicted molar refractivity (Wildman–Crippen MR) is 516 cm³/mol. The van der Waals surface area contributed by atoms with E-state index < -0.39 is 48.7 Å². The molecule has 0 aliphatic carbocycles. The number of rotatable bonds is 14. The van der Waals surface area contributed by atoms with Crippen LogP contribution in [0.5, 0.6) is 0 Å². The summed E-state index contributed by atoms with van der Waals surface area (Å²) >= 11 is 19.4. The quantitative estimate of drug-likeness (QED) is 0.0277. The van der Waals surface area contributed by atoms with E-state index in [1.807, 2.05) is 192 Å². The van der Waals surface area contributed by atoms with E-state index in [1.54, 1.807) is 62.0 Å². The van der Waals surface area contributed by atoms with Gasteiger partial charge in [-0.25, -0.2) is 56.0 Å². The molecule has 0 bridgehead atoms. The van der Waals surface area contributed by atoms with Crippen molar-refractivity contribution in [2.24, 2.45) is 10.9 Å². The van der Waals surface area contributed by atoms with Crippen molar-refractivity contribution in [3.05, 3.63) is 171 Å². The van der Waals surface area contributed by atoms with Gasteiger partial charge in [0.05, 0.1) is 25.7 Å². The predicted octanol–water partition coefficient (Wildman–Crippen LogP) is 14.9. The number of nitrogens with two attached hydrogens (primary N) is 2. The summed E-state index contributed by atoms with van der Waals surface area (Å²) in [7, 11) is -0.337. The second-order valence-corrected chi connectivity index (χ2v) is 32.4. The number of amides is 5. The fourth-order valence-corrected chi connectivity index (χ4v) is 14.7. The van der Waals surface area contributed by atoms with Crippen molar-refractivity contribution in [3.8, 4) is 0 Å². The number of nitrogens with zero attached hydrogens (tertiary/aromatic N) is 7. The molecule has 7 heterocycles. The van der Waals surface area contributed by atoms with Crippen molar-refractivity contribution in [2.75, 3.05) is 94.8 Å². The highest BCUT2D eigenvalue weighted by atomic mass is 35.5. The molecule has 11 rings (SSSR count). The summed E-state index contributed by atoms with van der Waals surface area (Å²) in [5.41, 5.74) is 17.6. The second-order valence-electron chi connectivity index (χ2n) is 23.9. The molecule has 702 valence electrons. The van der Waals surface area contributed by atoms with Gasteiger partial charge in [0.15, 0.2) is 31.9 Å². The molecule has 0 saturated heterocycles. The van der Waals surface area contributed by atoms with Crippen LogP contribution in [0.15, 0.2) is 72.8 Å². The Kier molecular flexibility index (Phi) is 64.3. The number of sulfonamides is 2. The van der Waals surface area contributed by atoms with E-state index >= 15 is 0 Å². The molecule has 0 radical (unpaired) electrons. The number of hydrogen-bond donors (Lipinski definition) is 9. The molecule has 0 saturated carbocycles. The van der Waals surface area contributed by atoms with Crippen LogP contribution in [0.4, 0.5) is 15.4 Å². The van der Waals surface area contributed by atoms with Gasteiger partial charge in [0.2, 0.25) is 24.9 Å². The lowest BCUT2D eigenvalue weighted by Crippen LogP contribution is -2.40. The van der Waals surface area contributed by atoms with E-state index in [1.165, 1.54) is 45.1 Å². The average Bonchev–Trinajstić information content (AvgIpc) is 1.77. The normalized spacial score (nSPS) is 11.7. The molecule has 0 unspecified atom stereocenters. The lowest BCUT2D eigenvalue weighted by Gasteiger charge is -2.30. The van der Waals surface area contributed by atoms with E-state index in [2.05, 4.69) is 63.1 Å². The molecular formula is C86H136Cl2N14O17S6. The number of thiocarbonyl (C=S) groups is 1. The number of alkyl halides is 2. The maximum Gasteiger partial charge on any atom is 0.358 e. The van der Waals surface area contributed by atoms with Crippen LogP contribution in [-0.4, -0.2) is 190 Å². The minimum Gasteiger partial charge on any atom is -0.481 e. The van der Waals surface area contributed by atoms with Crippen molar-refractivity contribution in [3.63, 3.8) is 0 Å². The van der Waals surface area contributed by atoms with Crippen LogP contribution < -0.4 is 51.6 Å². The summed E-state index contributed by atoms with van der Waals surface area (Å²) in [5, 5.41) is 34.1. The molecule has 39 heteroatoms. The van der Waals surface area contributed by atoms with Crippen molar-refractivity contribution >= 4 is 163 Å². The van der Waals surface area contributed by atoms with Crippen LogP contribution >= 0.6 is 69.4 Å². The van der Waals surface area contributed by atoms with Crippen molar-refractivity contribution in [1.82, 2.24) is 45.8 Å². The summed E-state index contributed by atoms with van der Waals surface area (Å²) in [6, 6.07) is 23.1. The number of halogens is 2. The number of fused-ring (bicyclic) bond motifs is 4. The lowest BCUT2D eigenvalue weighted by atomic mass is 9.94. The fraction of sp³-hybridized carbons (Fsp3) is 0.500. The number of nitrogens with one attached hydrogen (secondary N) is 5. The van der Waals surface area contributed by atoms with E-state index in [-0.39, 0.29) is 41.0 Å². The van der Waals surface area contributed by atoms with Gasteiger partial charge in [0, 0.05) is 124 Å². The van der Waals surface area contributed by atoms with Crippen LogP contribution in [0.25, 0.3) is 0 Å². The zero-order valence-corrected chi connectivity index (χ0v) is 84.3. The van der Waals surface area contributed by atoms with Crippen LogP contribution in [0.1, 0.15) is 264 Å². The standard InChI is InChI=1S/C18H21N3O3S.C17H20N4O4S2.C16H17N3O3S.C12H15N3OS.C4H6Cl2O2.C2H4O2.8C2H6.CH5NO2S/c1-4-24-17(23)15-11(2)25-18(20-15)21-9-8-12-6-5-7-13(14(12)10-21)16(22)19-3;1-10-14(16(23)20-27(3,24)25)19-17(26-10)21-8-7-11-5-4-6-12(13(11)9-21)15(22)18-2;1-9-13(15(21)22)18-16(23-9)19-7-6-10-4-3-5-11(12(10)8-19)14(20)17-2;1-14-11(16)9-4-2-3-8-5-6-15(12(13)17)7-10(8)9;1-2-8-4(7)3(5)6;1-2(3)4;8*1-2;1-5(2,3)4/h5-7H,4,8-10H2,1-3H3,(H,19,22);4-6H,7-9H2,1-3H3,(H,18,22)(H,20,23);3-5H,6-8H2,1-2H3,(H,17,20)(H,21,22);2-4H,5-7H2,1H3,(H2,13,17)(H,14,16);3H,2H2,1H3;1H3,(H,3,4);8*1-2H3;1H3,(H2,2,3,4). The molecule has 125 heavy (non-hydrogen) atoms. The summed E-state index contributed by atoms with van der Waals surface area (Å²) < 4.78 is 52.8. The number of esters is 2. The summed E-state index contributed by atoms with van der Waals surface area (Å²) in [6.45, 7) is 47.9. The number of benzene rings is 4. The van der Waals surface area contributed by atoms with Crippen LogP contribution in [0.2, 0.25) is 0 Å². The zero-order chi connectivity index (χ0) is 97.4.